The number of hydrogen-bond acceptors (Lipinski definition) is 7. The predicted octanol–water partition coefficient (Wildman–Crippen LogP) is -1.97. The van der Waals surface area contributed by atoms with E-state index in [1.165, 1.54) is 12.3 Å². The van der Waals surface area contributed by atoms with E-state index in [4.69, 9.17) is 10.5 Å². The van der Waals surface area contributed by atoms with E-state index in [1.807, 2.05) is 0 Å². The van der Waals surface area contributed by atoms with Crippen molar-refractivity contribution in [2.24, 2.45) is 0 Å². The third-order valence-corrected chi connectivity index (χ3v) is 2.77. The molecule has 2 rings (SSSR count). The molecule has 0 saturated carbocycles. The maximum absolute atomic E-state index is 11.6. The summed E-state index contributed by atoms with van der Waals surface area (Å²) < 4.78 is 6.43. The highest BCUT2D eigenvalue weighted by Gasteiger charge is 2.39. The molecule has 1 saturated heterocycles. The number of aldehydes is 1. The number of hydrogen-bond donors (Lipinski definition) is 3. The standard InChI is InChI=1S/C10H13N3O5/c11-7-1-2-13(10(17)12-7)8-3-5(15)9(18-8)6(16)4-14/h1-2,4-6,8-9,15-16H,3H2,(H2,11,12,17)/t5-,6?,8+,9-/m0/s1. The summed E-state index contributed by atoms with van der Waals surface area (Å²) in [7, 11) is 0. The number of nitrogens with two attached hydrogens (primary N) is 1. The number of ether oxygens (including phenoxy) is 1. The number of rotatable bonds is 3. The Bertz CT molecular complexity index is 503. The van der Waals surface area contributed by atoms with Gasteiger partial charge in [-0.3, -0.25) is 4.57 Å². The van der Waals surface area contributed by atoms with Gasteiger partial charge < -0.3 is 25.5 Å². The first-order valence-electron chi connectivity index (χ1n) is 5.34. The highest BCUT2D eigenvalue weighted by atomic mass is 16.5. The Morgan fingerprint density at radius 1 is 1.67 bits per heavy atom. The first-order chi connectivity index (χ1) is 8.52. The summed E-state index contributed by atoms with van der Waals surface area (Å²) in [5, 5.41) is 19.0. The topological polar surface area (TPSA) is 128 Å². The van der Waals surface area contributed by atoms with Gasteiger partial charge in [0.1, 0.15) is 24.3 Å². The summed E-state index contributed by atoms with van der Waals surface area (Å²) in [6.45, 7) is 0. The minimum absolute atomic E-state index is 0.0827. The van der Waals surface area contributed by atoms with Gasteiger partial charge in [-0.1, -0.05) is 0 Å². The minimum Gasteiger partial charge on any atom is -0.390 e. The van der Waals surface area contributed by atoms with Crippen molar-refractivity contribution in [1.82, 2.24) is 9.55 Å². The number of nitrogens with zero attached hydrogens (tertiary/aromatic N) is 2. The van der Waals surface area contributed by atoms with E-state index in [0.717, 1.165) is 4.57 Å². The Balaban J connectivity index is 2.22. The molecule has 1 fully saturated rings. The fourth-order valence-corrected chi connectivity index (χ4v) is 1.88. The molecule has 1 unspecified atom stereocenters. The molecule has 4 N–H and O–H groups in total. The zero-order valence-electron chi connectivity index (χ0n) is 9.34. The Morgan fingerprint density at radius 2 is 2.39 bits per heavy atom. The molecule has 0 spiro atoms. The maximum atomic E-state index is 11.6. The van der Waals surface area contributed by atoms with Crippen LogP contribution in [0.15, 0.2) is 17.1 Å². The summed E-state index contributed by atoms with van der Waals surface area (Å²) in [6.07, 6.45) is -2.53. The van der Waals surface area contributed by atoms with Crippen LogP contribution in [0.25, 0.3) is 0 Å². The van der Waals surface area contributed by atoms with Gasteiger partial charge in [0, 0.05) is 12.6 Å². The molecular formula is C10H13N3O5. The monoisotopic (exact) mass is 255 g/mol. The minimum atomic E-state index is -1.43. The van der Waals surface area contributed by atoms with Crippen LogP contribution >= 0.6 is 0 Å². The lowest BCUT2D eigenvalue weighted by Gasteiger charge is -2.17. The third-order valence-electron chi connectivity index (χ3n) is 2.77. The smallest absolute Gasteiger partial charge is 0.351 e. The van der Waals surface area contributed by atoms with Gasteiger partial charge in [-0.2, -0.15) is 4.98 Å². The van der Waals surface area contributed by atoms with E-state index >= 15 is 0 Å². The van der Waals surface area contributed by atoms with Crippen molar-refractivity contribution in [2.75, 3.05) is 5.73 Å². The van der Waals surface area contributed by atoms with E-state index in [-0.39, 0.29) is 18.5 Å². The second-order valence-corrected chi connectivity index (χ2v) is 4.03. The Kier molecular flexibility index (Phi) is 3.41. The summed E-state index contributed by atoms with van der Waals surface area (Å²) in [6, 6.07) is 1.42. The van der Waals surface area contributed by atoms with Gasteiger partial charge in [0.25, 0.3) is 0 Å². The van der Waals surface area contributed by atoms with Crippen LogP contribution in [0, 0.1) is 0 Å². The summed E-state index contributed by atoms with van der Waals surface area (Å²) >= 11 is 0. The molecule has 18 heavy (non-hydrogen) atoms. The molecule has 1 aliphatic rings. The zero-order chi connectivity index (χ0) is 13.3. The van der Waals surface area contributed by atoms with Crippen LogP contribution < -0.4 is 11.4 Å². The SMILES string of the molecule is Nc1ccn([C@H]2C[C@H](O)[C@@H](C(O)C=O)O2)c(=O)n1. The van der Waals surface area contributed by atoms with Crippen molar-refractivity contribution in [2.45, 2.75) is 31.0 Å². The van der Waals surface area contributed by atoms with Crippen molar-refractivity contribution in [3.8, 4) is 0 Å². The molecule has 4 atom stereocenters. The van der Waals surface area contributed by atoms with E-state index < -0.39 is 30.2 Å². The number of anilines is 1. The molecule has 0 aromatic carbocycles. The van der Waals surface area contributed by atoms with Crippen LogP contribution in [0.2, 0.25) is 0 Å². The number of aliphatic hydroxyl groups excluding tert-OH is 2. The molecule has 0 amide bonds. The molecule has 0 bridgehead atoms. The van der Waals surface area contributed by atoms with Crippen molar-refractivity contribution >= 4 is 12.1 Å². The van der Waals surface area contributed by atoms with E-state index in [1.54, 1.807) is 0 Å². The lowest BCUT2D eigenvalue weighted by atomic mass is 10.1. The normalized spacial score (nSPS) is 29.1. The lowest BCUT2D eigenvalue weighted by Crippen LogP contribution is -2.35. The highest BCUT2D eigenvalue weighted by molar-refractivity contribution is 5.56. The van der Waals surface area contributed by atoms with Crippen LogP contribution in [-0.2, 0) is 9.53 Å². The quantitative estimate of drug-likeness (QED) is 0.534. The van der Waals surface area contributed by atoms with Gasteiger partial charge in [-0.05, 0) is 6.07 Å². The third kappa shape index (κ3) is 2.26. The summed E-state index contributed by atoms with van der Waals surface area (Å²) in [5.41, 5.74) is 4.73. The molecule has 8 heteroatoms. The highest BCUT2D eigenvalue weighted by Crippen LogP contribution is 2.29. The second kappa shape index (κ2) is 4.84. The Morgan fingerprint density at radius 3 is 3.00 bits per heavy atom. The number of aliphatic hydroxyl groups is 2. The average Bonchev–Trinajstić information content (AvgIpc) is 2.70. The van der Waals surface area contributed by atoms with Crippen molar-refractivity contribution in [3.63, 3.8) is 0 Å². The lowest BCUT2D eigenvalue weighted by molar-refractivity contribution is -0.129. The van der Waals surface area contributed by atoms with E-state index in [9.17, 15) is 19.8 Å². The maximum Gasteiger partial charge on any atom is 0.351 e. The van der Waals surface area contributed by atoms with Crippen molar-refractivity contribution < 1.29 is 19.7 Å². The Hall–Kier alpha value is -1.77. The molecule has 1 aromatic heterocycles. The van der Waals surface area contributed by atoms with Crippen LogP contribution in [0.5, 0.6) is 0 Å². The summed E-state index contributed by atoms with van der Waals surface area (Å²) in [5.74, 6) is 0.0827. The van der Waals surface area contributed by atoms with Crippen LogP contribution in [0.3, 0.4) is 0 Å². The predicted molar refractivity (Wildman–Crippen MR) is 59.5 cm³/mol. The fourth-order valence-electron chi connectivity index (χ4n) is 1.88. The zero-order valence-corrected chi connectivity index (χ0v) is 9.34. The molecule has 8 nitrogen and oxygen atoms in total. The van der Waals surface area contributed by atoms with Gasteiger partial charge in [0.2, 0.25) is 0 Å². The number of carbonyl (C=O) groups is 1. The van der Waals surface area contributed by atoms with Gasteiger partial charge in [-0.25, -0.2) is 4.79 Å². The molecule has 1 aromatic rings. The first-order valence-corrected chi connectivity index (χ1v) is 5.34. The second-order valence-electron chi connectivity index (χ2n) is 4.03. The molecule has 98 valence electrons. The van der Waals surface area contributed by atoms with E-state index in [0.29, 0.717) is 0 Å². The molecule has 1 aliphatic heterocycles. The van der Waals surface area contributed by atoms with E-state index in [2.05, 4.69) is 4.98 Å². The van der Waals surface area contributed by atoms with Gasteiger partial charge in [0.15, 0.2) is 6.29 Å². The molecule has 2 heterocycles. The van der Waals surface area contributed by atoms with Crippen LogP contribution in [0.1, 0.15) is 12.6 Å². The van der Waals surface area contributed by atoms with Gasteiger partial charge >= 0.3 is 5.69 Å². The fraction of sp³-hybridized carbons (Fsp3) is 0.500. The largest absolute Gasteiger partial charge is 0.390 e. The Labute approximate surface area is 102 Å². The average molecular weight is 255 g/mol. The van der Waals surface area contributed by atoms with Crippen LogP contribution in [0.4, 0.5) is 5.82 Å². The van der Waals surface area contributed by atoms with Crippen LogP contribution in [-0.4, -0.2) is 44.4 Å². The summed E-state index contributed by atoms with van der Waals surface area (Å²) in [4.78, 5) is 25.5. The van der Waals surface area contributed by atoms with Gasteiger partial charge in [0.05, 0.1) is 6.10 Å². The van der Waals surface area contributed by atoms with Gasteiger partial charge in [-0.15, -0.1) is 0 Å². The number of carbonyl (C=O) groups excluding carboxylic acids is 1. The molecular weight excluding hydrogens is 242 g/mol. The van der Waals surface area contributed by atoms with Crippen molar-refractivity contribution in [3.05, 3.63) is 22.7 Å². The number of aromatic nitrogens is 2. The molecule has 0 radical (unpaired) electrons. The molecule has 0 aliphatic carbocycles. The number of nitrogen functional groups attached to an aromatic ring is 1. The van der Waals surface area contributed by atoms with Crippen molar-refractivity contribution in [1.29, 1.82) is 0 Å². The first kappa shape index (κ1) is 12.7.